The number of rotatable bonds is 9. The van der Waals surface area contributed by atoms with Gasteiger partial charge in [-0.1, -0.05) is 12.8 Å². The minimum absolute atomic E-state index is 0.343. The Bertz CT molecular complexity index is 198. The summed E-state index contributed by atoms with van der Waals surface area (Å²) in [4.78, 5) is 0. The van der Waals surface area contributed by atoms with E-state index in [1.54, 1.807) is 31.3 Å². The minimum atomic E-state index is 0.343. The first-order valence-electron chi connectivity index (χ1n) is 7.63. The fourth-order valence-electron chi connectivity index (χ4n) is 2.82. The molecule has 0 bridgehead atoms. The summed E-state index contributed by atoms with van der Waals surface area (Å²) in [5, 5.41) is 0. The Morgan fingerprint density at radius 2 is 1.28 bits per heavy atom. The van der Waals surface area contributed by atoms with E-state index >= 15 is 0 Å². The van der Waals surface area contributed by atoms with Crippen LogP contribution in [0.2, 0.25) is 0 Å². The predicted molar refractivity (Wildman–Crippen MR) is 95.4 cm³/mol. The molecule has 1 rings (SSSR count). The lowest BCUT2D eigenvalue weighted by molar-refractivity contribution is 0.854. The molecule has 0 aromatic heterocycles. The van der Waals surface area contributed by atoms with Gasteiger partial charge in [0.2, 0.25) is 0 Å². The molecule has 3 heteroatoms. The Labute approximate surface area is 119 Å². The van der Waals surface area contributed by atoms with E-state index in [4.69, 9.17) is 0 Å². The topological polar surface area (TPSA) is 0 Å². The average molecular weight is 306 g/mol. The zero-order valence-electron chi connectivity index (χ0n) is 13.0. The fraction of sp³-hybridized carbons (Fsp3) is 1.00. The van der Waals surface area contributed by atoms with Crippen molar-refractivity contribution in [2.45, 2.75) is 44.2 Å². The van der Waals surface area contributed by atoms with Crippen LogP contribution >= 0.6 is 23.8 Å². The average Bonchev–Trinajstić information content (AvgIpc) is 2.80. The Balaban J connectivity index is 2.25. The molecule has 0 nitrogen and oxygen atoms in total. The van der Waals surface area contributed by atoms with Crippen LogP contribution in [0.4, 0.5) is 0 Å². The Morgan fingerprint density at radius 1 is 0.722 bits per heavy atom. The van der Waals surface area contributed by atoms with Crippen LogP contribution in [0, 0.1) is 0 Å². The van der Waals surface area contributed by atoms with Gasteiger partial charge in [0.1, 0.15) is 0 Å². The maximum Gasteiger partial charge on any atom is -0.0209 e. The van der Waals surface area contributed by atoms with Gasteiger partial charge < -0.3 is 0 Å². The molecule has 1 fully saturated rings. The molecule has 0 aliphatic heterocycles. The highest BCUT2D eigenvalue weighted by atomic mass is 31.1. The summed E-state index contributed by atoms with van der Waals surface area (Å²) in [5.41, 5.74) is 1.17. The van der Waals surface area contributed by atoms with E-state index < -0.39 is 0 Å². The van der Waals surface area contributed by atoms with Gasteiger partial charge in [-0.05, 0) is 82.6 Å². The van der Waals surface area contributed by atoms with Crippen molar-refractivity contribution in [1.82, 2.24) is 0 Å². The smallest absolute Gasteiger partial charge is 0.0209 e. The molecule has 0 radical (unpaired) electrons. The summed E-state index contributed by atoms with van der Waals surface area (Å²) in [6.07, 6.45) is 15.5. The van der Waals surface area contributed by atoms with Crippen molar-refractivity contribution in [2.75, 3.05) is 51.3 Å². The molecule has 0 saturated heterocycles. The van der Waals surface area contributed by atoms with Gasteiger partial charge in [0, 0.05) is 0 Å². The van der Waals surface area contributed by atoms with Crippen LogP contribution in [0.25, 0.3) is 0 Å². The predicted octanol–water partition coefficient (Wildman–Crippen LogP) is 5.67. The van der Waals surface area contributed by atoms with E-state index in [0.29, 0.717) is 23.8 Å². The Hall–Kier alpha value is 1.29. The monoisotopic (exact) mass is 306 g/mol. The van der Waals surface area contributed by atoms with E-state index in [9.17, 15) is 0 Å². The molecule has 0 aromatic carbocycles. The molecule has 18 heavy (non-hydrogen) atoms. The third kappa shape index (κ3) is 7.78. The molecular formula is C15H33P3. The van der Waals surface area contributed by atoms with Crippen LogP contribution in [0.5, 0.6) is 0 Å². The van der Waals surface area contributed by atoms with E-state index in [-0.39, 0.29) is 0 Å². The van der Waals surface area contributed by atoms with Crippen LogP contribution in [0.3, 0.4) is 0 Å². The zero-order valence-corrected chi connectivity index (χ0v) is 15.7. The molecular weight excluding hydrogens is 273 g/mol. The van der Waals surface area contributed by atoms with E-state index in [1.807, 2.05) is 0 Å². The van der Waals surface area contributed by atoms with Gasteiger partial charge in [-0.15, -0.1) is 23.8 Å². The summed E-state index contributed by atoms with van der Waals surface area (Å²) in [7, 11) is 1.09. The highest BCUT2D eigenvalue weighted by Gasteiger charge is 2.23. The van der Waals surface area contributed by atoms with Gasteiger partial charge in [-0.25, -0.2) is 0 Å². The third-order valence-electron chi connectivity index (χ3n) is 3.98. The molecule has 108 valence electrons. The lowest BCUT2D eigenvalue weighted by Crippen LogP contribution is -2.07. The third-order valence-corrected chi connectivity index (χ3v) is 9.90. The Morgan fingerprint density at radius 3 is 1.83 bits per heavy atom. The number of unbranched alkanes of at least 4 members (excludes halogenated alkanes) is 1. The summed E-state index contributed by atoms with van der Waals surface area (Å²) < 4.78 is 0. The molecule has 1 unspecified atom stereocenters. The molecule has 0 aromatic rings. The number of hydrogen-bond donors (Lipinski definition) is 0. The second kappa shape index (κ2) is 10.1. The van der Waals surface area contributed by atoms with Crippen LogP contribution in [-0.4, -0.2) is 57.0 Å². The van der Waals surface area contributed by atoms with Crippen LogP contribution < -0.4 is 0 Å². The second-order valence-corrected chi connectivity index (χ2v) is 14.3. The molecule has 0 spiro atoms. The van der Waals surface area contributed by atoms with Crippen molar-refractivity contribution in [2.24, 2.45) is 0 Å². The molecule has 0 N–H and O–H groups in total. The summed E-state index contributed by atoms with van der Waals surface area (Å²) in [5.74, 6) is 0. The lowest BCUT2D eigenvalue weighted by atomic mass is 10.4. The molecule has 1 atom stereocenters. The fourth-order valence-corrected chi connectivity index (χ4v) is 8.98. The van der Waals surface area contributed by atoms with Crippen molar-refractivity contribution in [3.8, 4) is 0 Å². The molecule has 0 amide bonds. The van der Waals surface area contributed by atoms with Gasteiger partial charge in [0.15, 0.2) is 0 Å². The summed E-state index contributed by atoms with van der Waals surface area (Å²) >= 11 is 0. The van der Waals surface area contributed by atoms with Gasteiger partial charge in [-0.3, -0.25) is 0 Å². The van der Waals surface area contributed by atoms with Crippen molar-refractivity contribution >= 4 is 23.8 Å². The van der Waals surface area contributed by atoms with E-state index in [0.717, 1.165) is 0 Å². The highest BCUT2D eigenvalue weighted by molar-refractivity contribution is 7.61. The first-order valence-corrected chi connectivity index (χ1v) is 14.3. The van der Waals surface area contributed by atoms with Crippen molar-refractivity contribution in [1.29, 1.82) is 0 Å². The first kappa shape index (κ1) is 17.3. The largest absolute Gasteiger partial charge is 0.113 e. The highest BCUT2D eigenvalue weighted by Crippen LogP contribution is 2.51. The minimum Gasteiger partial charge on any atom is -0.113 e. The van der Waals surface area contributed by atoms with Crippen molar-refractivity contribution in [3.63, 3.8) is 0 Å². The SMILES string of the molecule is CP(C)CCCCP(CCP(C)C)C1CCCC1. The Kier molecular flexibility index (Phi) is 9.71. The number of hydrogen-bond acceptors (Lipinski definition) is 0. The van der Waals surface area contributed by atoms with Crippen LogP contribution in [-0.2, 0) is 0 Å². The van der Waals surface area contributed by atoms with E-state index in [1.165, 1.54) is 37.5 Å². The first-order chi connectivity index (χ1) is 8.59. The van der Waals surface area contributed by atoms with Crippen LogP contribution in [0.15, 0.2) is 0 Å². The van der Waals surface area contributed by atoms with Crippen molar-refractivity contribution < 1.29 is 0 Å². The maximum atomic E-state index is 2.46. The van der Waals surface area contributed by atoms with Gasteiger partial charge in [0.25, 0.3) is 0 Å². The van der Waals surface area contributed by atoms with E-state index in [2.05, 4.69) is 26.7 Å². The maximum absolute atomic E-state index is 2.46. The van der Waals surface area contributed by atoms with Gasteiger partial charge in [0.05, 0.1) is 0 Å². The molecule has 1 aliphatic carbocycles. The molecule has 0 heterocycles. The summed E-state index contributed by atoms with van der Waals surface area (Å²) in [6.45, 7) is 9.77. The van der Waals surface area contributed by atoms with Crippen LogP contribution in [0.1, 0.15) is 38.5 Å². The second-order valence-electron chi connectivity index (χ2n) is 6.29. The van der Waals surface area contributed by atoms with Crippen molar-refractivity contribution in [3.05, 3.63) is 0 Å². The standard InChI is InChI=1S/C15H33P3/c1-16(2)11-7-8-12-18(14-13-17(3)4)15-9-5-6-10-15/h15H,5-14H2,1-4H3. The lowest BCUT2D eigenvalue weighted by Gasteiger charge is -2.25. The normalized spacial score (nSPS) is 19.0. The van der Waals surface area contributed by atoms with Gasteiger partial charge >= 0.3 is 0 Å². The molecule has 1 aliphatic rings. The molecule has 1 saturated carbocycles. The summed E-state index contributed by atoms with van der Waals surface area (Å²) in [6, 6.07) is 0. The quantitative estimate of drug-likeness (QED) is 0.380. The zero-order chi connectivity index (χ0) is 13.4. The van der Waals surface area contributed by atoms with Gasteiger partial charge in [-0.2, -0.15) is 0 Å².